The van der Waals surface area contributed by atoms with Gasteiger partial charge in [0, 0.05) is 24.4 Å². The van der Waals surface area contributed by atoms with Gasteiger partial charge in [-0.05, 0) is 36.1 Å². The van der Waals surface area contributed by atoms with Gasteiger partial charge in [0.05, 0.1) is 0 Å². The van der Waals surface area contributed by atoms with E-state index in [2.05, 4.69) is 5.32 Å². The molecule has 1 atom stereocenters. The number of hydrogen-bond donors (Lipinski definition) is 2. The van der Waals surface area contributed by atoms with Gasteiger partial charge in [-0.15, -0.1) is 0 Å². The predicted molar refractivity (Wildman–Crippen MR) is 69.3 cm³/mol. The average molecular weight is 241 g/mol. The molecule has 1 aliphatic heterocycles. The molecular formula is C14H15N3O. The maximum atomic E-state index is 12.2. The maximum absolute atomic E-state index is 12.2. The Kier molecular flexibility index (Phi) is 1.76. The second-order valence-corrected chi connectivity index (χ2v) is 5.64. The normalized spacial score (nSPS) is 29.3. The van der Waals surface area contributed by atoms with Crippen LogP contribution in [0.2, 0.25) is 0 Å². The van der Waals surface area contributed by atoms with Gasteiger partial charge in [0.15, 0.2) is 0 Å². The van der Waals surface area contributed by atoms with Crippen LogP contribution in [-0.2, 0) is 17.6 Å². The van der Waals surface area contributed by atoms with Crippen LogP contribution >= 0.6 is 0 Å². The molecule has 1 aromatic carbocycles. The fourth-order valence-corrected chi connectivity index (χ4v) is 3.01. The van der Waals surface area contributed by atoms with Crippen LogP contribution in [0.3, 0.4) is 0 Å². The van der Waals surface area contributed by atoms with E-state index in [1.54, 1.807) is 0 Å². The highest BCUT2D eigenvalue weighted by Gasteiger charge is 2.50. The summed E-state index contributed by atoms with van der Waals surface area (Å²) in [6.45, 7) is 0. The lowest BCUT2D eigenvalue weighted by Crippen LogP contribution is -2.40. The molecule has 18 heavy (non-hydrogen) atoms. The quantitative estimate of drug-likeness (QED) is 0.721. The number of carbonyl (C=O) groups is 1. The molecule has 1 unspecified atom stereocenters. The number of anilines is 1. The highest BCUT2D eigenvalue weighted by atomic mass is 16.2. The third-order valence-electron chi connectivity index (χ3n) is 4.16. The van der Waals surface area contributed by atoms with Crippen molar-refractivity contribution in [1.29, 1.82) is 0 Å². The van der Waals surface area contributed by atoms with Crippen LogP contribution in [0, 0.1) is 5.92 Å². The summed E-state index contributed by atoms with van der Waals surface area (Å²) in [6.07, 6.45) is 3.73. The van der Waals surface area contributed by atoms with Crippen LogP contribution in [-0.4, -0.2) is 17.3 Å². The number of nitrogens with zero attached hydrogens (tertiary/aromatic N) is 1. The lowest BCUT2D eigenvalue weighted by Gasteiger charge is -2.14. The van der Waals surface area contributed by atoms with Gasteiger partial charge in [-0.2, -0.15) is 0 Å². The summed E-state index contributed by atoms with van der Waals surface area (Å²) in [5.41, 5.74) is 8.37. The van der Waals surface area contributed by atoms with Crippen LogP contribution in [0.5, 0.6) is 0 Å². The molecule has 4 heteroatoms. The van der Waals surface area contributed by atoms with Gasteiger partial charge in [-0.3, -0.25) is 9.79 Å². The molecular weight excluding hydrogens is 226 g/mol. The molecule has 3 N–H and O–H groups in total. The zero-order valence-corrected chi connectivity index (χ0v) is 10.1. The number of rotatable bonds is 1. The van der Waals surface area contributed by atoms with Gasteiger partial charge in [-0.25, -0.2) is 0 Å². The van der Waals surface area contributed by atoms with E-state index >= 15 is 0 Å². The number of aliphatic imine (C=N–C) groups is 1. The monoisotopic (exact) mass is 241 g/mol. The van der Waals surface area contributed by atoms with Crippen molar-refractivity contribution in [2.45, 2.75) is 31.2 Å². The minimum Gasteiger partial charge on any atom is -0.399 e. The number of amidine groups is 1. The van der Waals surface area contributed by atoms with Crippen molar-refractivity contribution >= 4 is 17.4 Å². The van der Waals surface area contributed by atoms with Crippen LogP contribution < -0.4 is 11.1 Å². The smallest absolute Gasteiger partial charge is 0.253 e. The SMILES string of the molecule is Nc1ccc2c(c1)CC1(C2)N=C(C2CC2)NC1=O. The van der Waals surface area contributed by atoms with Crippen molar-refractivity contribution in [3.63, 3.8) is 0 Å². The number of nitrogen functional groups attached to an aromatic ring is 1. The summed E-state index contributed by atoms with van der Waals surface area (Å²) < 4.78 is 0. The first-order valence-electron chi connectivity index (χ1n) is 6.45. The van der Waals surface area contributed by atoms with Gasteiger partial charge in [0.25, 0.3) is 5.91 Å². The van der Waals surface area contributed by atoms with Crippen LogP contribution in [0.25, 0.3) is 0 Å². The Bertz CT molecular complexity index is 589. The first kappa shape index (κ1) is 10.1. The van der Waals surface area contributed by atoms with Crippen molar-refractivity contribution in [2.24, 2.45) is 10.9 Å². The fraction of sp³-hybridized carbons (Fsp3) is 0.429. The molecule has 1 saturated carbocycles. The van der Waals surface area contributed by atoms with Gasteiger partial charge >= 0.3 is 0 Å². The van der Waals surface area contributed by atoms with Crippen LogP contribution in [0.1, 0.15) is 24.0 Å². The zero-order chi connectivity index (χ0) is 12.3. The molecule has 1 spiro atoms. The number of carbonyl (C=O) groups excluding carboxylic acids is 1. The Balaban J connectivity index is 1.73. The highest BCUT2D eigenvalue weighted by Crippen LogP contribution is 2.40. The Labute approximate surface area is 105 Å². The lowest BCUT2D eigenvalue weighted by atomic mass is 9.97. The Morgan fingerprint density at radius 2 is 2.06 bits per heavy atom. The van der Waals surface area contributed by atoms with E-state index in [1.807, 2.05) is 18.2 Å². The van der Waals surface area contributed by atoms with E-state index in [1.165, 1.54) is 11.1 Å². The van der Waals surface area contributed by atoms with E-state index in [-0.39, 0.29) is 5.91 Å². The molecule has 1 fully saturated rings. The molecule has 92 valence electrons. The van der Waals surface area contributed by atoms with E-state index in [9.17, 15) is 4.79 Å². The molecule has 2 aliphatic carbocycles. The molecule has 3 aliphatic rings. The number of amides is 1. The first-order valence-corrected chi connectivity index (χ1v) is 6.45. The van der Waals surface area contributed by atoms with Crippen LogP contribution in [0.15, 0.2) is 23.2 Å². The van der Waals surface area contributed by atoms with Crippen molar-refractivity contribution in [3.05, 3.63) is 29.3 Å². The maximum Gasteiger partial charge on any atom is 0.253 e. The first-order chi connectivity index (χ1) is 8.66. The van der Waals surface area contributed by atoms with Gasteiger partial charge in [-0.1, -0.05) is 6.07 Å². The zero-order valence-electron chi connectivity index (χ0n) is 10.1. The third-order valence-corrected chi connectivity index (χ3v) is 4.16. The summed E-state index contributed by atoms with van der Waals surface area (Å²) in [4.78, 5) is 17.0. The molecule has 0 bridgehead atoms. The average Bonchev–Trinajstić information content (AvgIpc) is 3.05. The second-order valence-electron chi connectivity index (χ2n) is 5.64. The summed E-state index contributed by atoms with van der Waals surface area (Å²) in [7, 11) is 0. The van der Waals surface area contributed by atoms with Crippen LogP contribution in [0.4, 0.5) is 5.69 Å². The highest BCUT2D eigenvalue weighted by molar-refractivity contribution is 6.10. The van der Waals surface area contributed by atoms with E-state index in [0.717, 1.165) is 24.4 Å². The fourth-order valence-electron chi connectivity index (χ4n) is 3.01. The van der Waals surface area contributed by atoms with Gasteiger partial charge in [0.2, 0.25) is 0 Å². The minimum atomic E-state index is -0.575. The Hall–Kier alpha value is -1.84. The van der Waals surface area contributed by atoms with Crippen molar-refractivity contribution in [2.75, 3.05) is 5.73 Å². The predicted octanol–water partition coefficient (Wildman–Crippen LogP) is 1.04. The largest absolute Gasteiger partial charge is 0.399 e. The molecule has 0 saturated heterocycles. The molecule has 1 heterocycles. The standard InChI is InChI=1S/C14H15N3O/c15-11-4-3-9-6-14(7-10(9)5-11)13(18)16-12(17-14)8-1-2-8/h3-5,8H,1-2,6-7,15H2,(H,16,17,18). The molecule has 1 aromatic rings. The summed E-state index contributed by atoms with van der Waals surface area (Å²) in [5.74, 6) is 1.49. The Morgan fingerprint density at radius 1 is 1.28 bits per heavy atom. The molecule has 4 rings (SSSR count). The summed E-state index contributed by atoms with van der Waals surface area (Å²) in [6, 6.07) is 5.90. The number of benzene rings is 1. The van der Waals surface area contributed by atoms with E-state index < -0.39 is 5.54 Å². The molecule has 4 nitrogen and oxygen atoms in total. The third kappa shape index (κ3) is 1.32. The topological polar surface area (TPSA) is 67.5 Å². The summed E-state index contributed by atoms with van der Waals surface area (Å²) in [5, 5.41) is 2.98. The van der Waals surface area contributed by atoms with Crippen molar-refractivity contribution < 1.29 is 4.79 Å². The van der Waals surface area contributed by atoms with Gasteiger partial charge in [0.1, 0.15) is 11.4 Å². The van der Waals surface area contributed by atoms with Crippen molar-refractivity contribution in [3.8, 4) is 0 Å². The lowest BCUT2D eigenvalue weighted by molar-refractivity contribution is -0.123. The van der Waals surface area contributed by atoms with Gasteiger partial charge < -0.3 is 11.1 Å². The number of fused-ring (bicyclic) bond motifs is 1. The summed E-state index contributed by atoms with van der Waals surface area (Å²) >= 11 is 0. The molecule has 0 aromatic heterocycles. The number of nitrogens with one attached hydrogen (secondary N) is 1. The second kappa shape index (κ2) is 3.13. The van der Waals surface area contributed by atoms with E-state index in [4.69, 9.17) is 10.7 Å². The number of nitrogens with two attached hydrogens (primary N) is 1. The minimum absolute atomic E-state index is 0.0687. The van der Waals surface area contributed by atoms with E-state index in [0.29, 0.717) is 18.8 Å². The molecule has 1 amide bonds. The van der Waals surface area contributed by atoms with Crippen molar-refractivity contribution in [1.82, 2.24) is 5.32 Å². The molecule has 0 radical (unpaired) electrons. The number of hydrogen-bond acceptors (Lipinski definition) is 3. The Morgan fingerprint density at radius 3 is 2.83 bits per heavy atom.